The van der Waals surface area contributed by atoms with Crippen molar-refractivity contribution in [1.29, 1.82) is 0 Å². The van der Waals surface area contributed by atoms with Gasteiger partial charge in [0.15, 0.2) is 0 Å². The number of hydrogen-bond acceptors (Lipinski definition) is 2. The monoisotopic (exact) mass is 411 g/mol. The van der Waals surface area contributed by atoms with E-state index in [1.165, 1.54) is 22.1 Å². The van der Waals surface area contributed by atoms with E-state index >= 15 is 0 Å². The molecule has 0 aromatic heterocycles. The zero-order chi connectivity index (χ0) is 15.7. The smallest absolute Gasteiger partial charge is 1.00 e. The number of likely N-dealkylation sites (N-methyl/N-ethyl adjacent to an activating group) is 1. The van der Waals surface area contributed by atoms with Gasteiger partial charge in [-0.1, -0.05) is 48.6 Å². The molecular formula is C20H23Cl2NOTi. The van der Waals surface area contributed by atoms with Crippen molar-refractivity contribution in [2.24, 2.45) is 0 Å². The molecule has 0 spiro atoms. The van der Waals surface area contributed by atoms with Crippen LogP contribution in [0.15, 0.2) is 54.1 Å². The molecule has 0 heterocycles. The van der Waals surface area contributed by atoms with Gasteiger partial charge in [-0.3, -0.25) is 0 Å². The van der Waals surface area contributed by atoms with E-state index < -0.39 is 6.10 Å². The number of allylic oxidation sites excluding steroid dienone is 2. The maximum Gasteiger partial charge on any atom is 2.00 e. The molecule has 0 fully saturated rings. The predicted octanol–water partition coefficient (Wildman–Crippen LogP) is -1.83. The Labute approximate surface area is 177 Å². The maximum atomic E-state index is 10.3. The van der Waals surface area contributed by atoms with E-state index in [4.69, 9.17) is 0 Å². The van der Waals surface area contributed by atoms with E-state index in [9.17, 15) is 5.11 Å². The molecule has 1 aliphatic rings. The molecule has 0 amide bonds. The van der Waals surface area contributed by atoms with Crippen molar-refractivity contribution >= 4 is 16.3 Å². The first-order valence-electron chi connectivity index (χ1n) is 7.80. The van der Waals surface area contributed by atoms with Crippen molar-refractivity contribution in [3.8, 4) is 0 Å². The van der Waals surface area contributed by atoms with Gasteiger partial charge in [0.1, 0.15) is 0 Å². The molecule has 2 nitrogen and oxygen atoms in total. The average Bonchev–Trinajstić information content (AvgIpc) is 2.93. The third-order valence-corrected chi connectivity index (χ3v) is 4.18. The standard InChI is InChI=1S/C20H23NO.2ClH.Ti/c1-14(22)20-18-7-5-4-6-16(18)10-11-19(20)17-9-8-15(12-17)13-21(2)3;;;/h4-8,10-12,14,22H,9,13H2,1-3H3;2*1H;/q;;;+2/p-2. The number of hydrogen-bond donors (Lipinski definition) is 1. The summed E-state index contributed by atoms with van der Waals surface area (Å²) in [7, 11) is 4.17. The molecule has 1 atom stereocenters. The summed E-state index contributed by atoms with van der Waals surface area (Å²) in [6.07, 6.45) is 5.04. The van der Waals surface area contributed by atoms with E-state index in [0.29, 0.717) is 0 Å². The van der Waals surface area contributed by atoms with Gasteiger partial charge < -0.3 is 34.8 Å². The van der Waals surface area contributed by atoms with E-state index in [0.717, 1.165) is 23.9 Å². The first-order chi connectivity index (χ1) is 10.6. The molecule has 0 bridgehead atoms. The number of fused-ring (bicyclic) bond motifs is 1. The summed E-state index contributed by atoms with van der Waals surface area (Å²) in [5, 5.41) is 12.7. The minimum absolute atomic E-state index is 0. The fraction of sp³-hybridized carbons (Fsp3) is 0.300. The molecule has 1 unspecified atom stereocenters. The zero-order valence-corrected chi connectivity index (χ0v) is 17.8. The van der Waals surface area contributed by atoms with E-state index in [2.05, 4.69) is 55.4 Å². The van der Waals surface area contributed by atoms with Gasteiger partial charge in [0.2, 0.25) is 0 Å². The molecule has 3 rings (SSSR count). The van der Waals surface area contributed by atoms with Gasteiger partial charge in [0.25, 0.3) is 0 Å². The van der Waals surface area contributed by atoms with E-state index in [1.54, 1.807) is 0 Å². The van der Waals surface area contributed by atoms with Gasteiger partial charge in [0, 0.05) is 6.54 Å². The van der Waals surface area contributed by atoms with Gasteiger partial charge >= 0.3 is 21.7 Å². The Morgan fingerprint density at radius 2 is 1.76 bits per heavy atom. The van der Waals surface area contributed by atoms with Crippen molar-refractivity contribution in [2.45, 2.75) is 19.4 Å². The number of rotatable bonds is 4. The first-order valence-corrected chi connectivity index (χ1v) is 7.80. The summed E-state index contributed by atoms with van der Waals surface area (Å²) in [6.45, 7) is 2.82. The summed E-state index contributed by atoms with van der Waals surface area (Å²) in [4.78, 5) is 2.18. The second-order valence-electron chi connectivity index (χ2n) is 6.31. The molecule has 132 valence electrons. The predicted molar refractivity (Wildman–Crippen MR) is 93.8 cm³/mol. The molecule has 0 saturated carbocycles. The normalized spacial score (nSPS) is 14.1. The Kier molecular flexibility index (Phi) is 10.3. The van der Waals surface area contributed by atoms with Crippen molar-refractivity contribution in [3.63, 3.8) is 0 Å². The second kappa shape index (κ2) is 10.5. The third-order valence-electron chi connectivity index (χ3n) is 4.18. The zero-order valence-electron chi connectivity index (χ0n) is 14.8. The molecule has 1 N–H and O–H groups in total. The van der Waals surface area contributed by atoms with Gasteiger partial charge in [-0.05, 0) is 60.5 Å². The van der Waals surface area contributed by atoms with E-state index in [1.807, 2.05) is 19.1 Å². The fourth-order valence-corrected chi connectivity index (χ4v) is 3.27. The SMILES string of the molecule is CC(O)c1c(C2=CC(CN(C)C)=CC2)ccc2ccccc12.[Cl-].[Cl-].[Ti+2]. The molecule has 0 aliphatic heterocycles. The minimum Gasteiger partial charge on any atom is -1.00 e. The van der Waals surface area contributed by atoms with Crippen LogP contribution in [0.1, 0.15) is 30.6 Å². The third kappa shape index (κ3) is 5.43. The largest absolute Gasteiger partial charge is 2.00 e. The molecule has 2 aromatic rings. The molecule has 0 radical (unpaired) electrons. The van der Waals surface area contributed by atoms with Crippen LogP contribution < -0.4 is 24.8 Å². The fourth-order valence-electron chi connectivity index (χ4n) is 3.27. The van der Waals surface area contributed by atoms with Crippen LogP contribution in [0.2, 0.25) is 0 Å². The molecule has 25 heavy (non-hydrogen) atoms. The van der Waals surface area contributed by atoms with Crippen LogP contribution in [0.4, 0.5) is 0 Å². The number of benzene rings is 2. The van der Waals surface area contributed by atoms with Crippen LogP contribution in [0.5, 0.6) is 0 Å². The molecule has 0 saturated heterocycles. The molecule has 2 aromatic carbocycles. The maximum absolute atomic E-state index is 10.3. The number of nitrogens with zero attached hydrogens (tertiary/aromatic N) is 1. The van der Waals surface area contributed by atoms with Crippen LogP contribution in [0.3, 0.4) is 0 Å². The van der Waals surface area contributed by atoms with Crippen molar-refractivity contribution in [1.82, 2.24) is 4.90 Å². The van der Waals surface area contributed by atoms with Gasteiger partial charge in [0.05, 0.1) is 6.10 Å². The van der Waals surface area contributed by atoms with Crippen LogP contribution in [-0.2, 0) is 21.7 Å². The summed E-state index contributed by atoms with van der Waals surface area (Å²) in [6, 6.07) is 12.6. The van der Waals surface area contributed by atoms with Crippen LogP contribution >= 0.6 is 0 Å². The van der Waals surface area contributed by atoms with Crippen molar-refractivity contribution < 1.29 is 51.6 Å². The number of aliphatic hydroxyl groups is 1. The second-order valence-corrected chi connectivity index (χ2v) is 6.31. The van der Waals surface area contributed by atoms with Crippen LogP contribution in [0, 0.1) is 0 Å². The minimum atomic E-state index is -0.472. The molecule has 5 heteroatoms. The Morgan fingerprint density at radius 1 is 1.08 bits per heavy atom. The summed E-state index contributed by atoms with van der Waals surface area (Å²) in [5.74, 6) is 0. The number of halogens is 2. The van der Waals surface area contributed by atoms with E-state index in [-0.39, 0.29) is 46.5 Å². The molecular weight excluding hydrogens is 389 g/mol. The molecule has 1 aliphatic carbocycles. The summed E-state index contributed by atoms with van der Waals surface area (Å²) < 4.78 is 0. The first kappa shape index (κ1) is 24.4. The Morgan fingerprint density at radius 3 is 2.40 bits per heavy atom. The van der Waals surface area contributed by atoms with Crippen LogP contribution in [0.25, 0.3) is 16.3 Å². The Bertz CT molecular complexity index is 769. The number of aliphatic hydroxyl groups excluding tert-OH is 1. The van der Waals surface area contributed by atoms with Crippen LogP contribution in [-0.4, -0.2) is 30.6 Å². The van der Waals surface area contributed by atoms with Crippen molar-refractivity contribution in [2.75, 3.05) is 20.6 Å². The van der Waals surface area contributed by atoms with Gasteiger partial charge in [-0.2, -0.15) is 0 Å². The van der Waals surface area contributed by atoms with Crippen molar-refractivity contribution in [3.05, 3.63) is 65.3 Å². The Hall–Kier alpha value is -0.606. The van der Waals surface area contributed by atoms with Gasteiger partial charge in [-0.25, -0.2) is 0 Å². The topological polar surface area (TPSA) is 23.5 Å². The average molecular weight is 412 g/mol. The Balaban J connectivity index is 0.00000192. The summed E-state index contributed by atoms with van der Waals surface area (Å²) in [5.41, 5.74) is 4.88. The summed E-state index contributed by atoms with van der Waals surface area (Å²) >= 11 is 0. The van der Waals surface area contributed by atoms with Gasteiger partial charge in [-0.15, -0.1) is 0 Å². The quantitative estimate of drug-likeness (QED) is 0.598.